The van der Waals surface area contributed by atoms with E-state index >= 15 is 0 Å². The van der Waals surface area contributed by atoms with Crippen molar-refractivity contribution in [3.63, 3.8) is 0 Å². The van der Waals surface area contributed by atoms with Crippen LogP contribution < -0.4 is 5.73 Å². The molecular formula is C8H16N2O2. The molecule has 12 heavy (non-hydrogen) atoms. The average molecular weight is 172 g/mol. The molecule has 1 heterocycles. The molecule has 0 amide bonds. The smallest absolute Gasteiger partial charge is 0.324 e. The highest BCUT2D eigenvalue weighted by molar-refractivity contribution is 5.78. The number of rotatable bonds is 3. The first-order valence-electron chi connectivity index (χ1n) is 4.27. The lowest BCUT2D eigenvalue weighted by Gasteiger charge is -2.25. The van der Waals surface area contributed by atoms with Crippen molar-refractivity contribution < 1.29 is 9.90 Å². The maximum atomic E-state index is 10.7. The van der Waals surface area contributed by atoms with Crippen molar-refractivity contribution in [3.05, 3.63) is 0 Å². The van der Waals surface area contributed by atoms with Crippen LogP contribution >= 0.6 is 0 Å². The zero-order valence-electron chi connectivity index (χ0n) is 7.42. The minimum absolute atomic E-state index is 0.461. The Morgan fingerprint density at radius 1 is 1.58 bits per heavy atom. The van der Waals surface area contributed by atoms with E-state index < -0.39 is 11.5 Å². The van der Waals surface area contributed by atoms with Crippen molar-refractivity contribution in [2.45, 2.75) is 25.3 Å². The van der Waals surface area contributed by atoms with Gasteiger partial charge in [-0.2, -0.15) is 0 Å². The van der Waals surface area contributed by atoms with Gasteiger partial charge in [0.25, 0.3) is 0 Å². The van der Waals surface area contributed by atoms with Gasteiger partial charge < -0.3 is 15.7 Å². The molecule has 0 aliphatic carbocycles. The van der Waals surface area contributed by atoms with Gasteiger partial charge in [-0.1, -0.05) is 0 Å². The Morgan fingerprint density at radius 3 is 2.50 bits per heavy atom. The van der Waals surface area contributed by atoms with Crippen molar-refractivity contribution in [3.8, 4) is 0 Å². The van der Waals surface area contributed by atoms with Crippen LogP contribution in [-0.2, 0) is 4.79 Å². The van der Waals surface area contributed by atoms with Crippen LogP contribution in [0.5, 0.6) is 0 Å². The van der Waals surface area contributed by atoms with E-state index in [4.69, 9.17) is 10.8 Å². The van der Waals surface area contributed by atoms with Gasteiger partial charge in [-0.3, -0.25) is 4.79 Å². The van der Waals surface area contributed by atoms with E-state index in [0.717, 1.165) is 25.9 Å². The summed E-state index contributed by atoms with van der Waals surface area (Å²) in [6, 6.07) is 0. The molecule has 0 saturated carbocycles. The second-order valence-corrected chi connectivity index (χ2v) is 3.71. The SMILES string of the molecule is CC(N)(CN1CCCC1)C(=O)O. The van der Waals surface area contributed by atoms with E-state index in [-0.39, 0.29) is 0 Å². The molecule has 4 nitrogen and oxygen atoms in total. The Labute approximate surface area is 72.3 Å². The molecule has 1 aliphatic rings. The fourth-order valence-corrected chi connectivity index (χ4v) is 1.47. The van der Waals surface area contributed by atoms with Crippen LogP contribution in [0.15, 0.2) is 0 Å². The van der Waals surface area contributed by atoms with E-state index in [2.05, 4.69) is 4.90 Å². The molecule has 70 valence electrons. The lowest BCUT2D eigenvalue weighted by atomic mass is 10.0. The lowest BCUT2D eigenvalue weighted by molar-refractivity contribution is -0.143. The maximum Gasteiger partial charge on any atom is 0.324 e. The molecule has 1 aliphatic heterocycles. The fourth-order valence-electron chi connectivity index (χ4n) is 1.47. The molecule has 1 atom stereocenters. The summed E-state index contributed by atoms with van der Waals surface area (Å²) in [7, 11) is 0. The van der Waals surface area contributed by atoms with Crippen LogP contribution in [0.2, 0.25) is 0 Å². The van der Waals surface area contributed by atoms with Gasteiger partial charge in [0.2, 0.25) is 0 Å². The molecule has 0 radical (unpaired) electrons. The van der Waals surface area contributed by atoms with Gasteiger partial charge in [0.05, 0.1) is 0 Å². The standard InChI is InChI=1S/C8H16N2O2/c1-8(9,7(11)12)6-10-4-2-3-5-10/h2-6,9H2,1H3,(H,11,12). The zero-order valence-corrected chi connectivity index (χ0v) is 7.42. The molecule has 0 aromatic heterocycles. The summed E-state index contributed by atoms with van der Waals surface area (Å²) in [5, 5.41) is 8.75. The molecule has 1 unspecified atom stereocenters. The Bertz CT molecular complexity index is 174. The van der Waals surface area contributed by atoms with Gasteiger partial charge in [-0.15, -0.1) is 0 Å². The van der Waals surface area contributed by atoms with Crippen molar-refractivity contribution in [2.75, 3.05) is 19.6 Å². The topological polar surface area (TPSA) is 66.6 Å². The van der Waals surface area contributed by atoms with E-state index in [9.17, 15) is 4.79 Å². The molecule has 1 rings (SSSR count). The first-order valence-corrected chi connectivity index (χ1v) is 4.27. The summed E-state index contributed by atoms with van der Waals surface area (Å²) in [6.07, 6.45) is 2.32. The third-order valence-electron chi connectivity index (χ3n) is 2.24. The lowest BCUT2D eigenvalue weighted by Crippen LogP contribution is -2.53. The third-order valence-corrected chi connectivity index (χ3v) is 2.24. The normalized spacial score (nSPS) is 23.8. The van der Waals surface area contributed by atoms with Gasteiger partial charge in [0, 0.05) is 6.54 Å². The minimum Gasteiger partial charge on any atom is -0.480 e. The van der Waals surface area contributed by atoms with Gasteiger partial charge in [0.15, 0.2) is 0 Å². The molecule has 3 N–H and O–H groups in total. The number of nitrogens with two attached hydrogens (primary N) is 1. The van der Waals surface area contributed by atoms with Crippen molar-refractivity contribution >= 4 is 5.97 Å². The van der Waals surface area contributed by atoms with Crippen LogP contribution in [0, 0.1) is 0 Å². The quantitative estimate of drug-likeness (QED) is 0.623. The minimum atomic E-state index is -1.09. The second kappa shape index (κ2) is 3.41. The molecule has 1 fully saturated rings. The largest absolute Gasteiger partial charge is 0.480 e. The van der Waals surface area contributed by atoms with Crippen LogP contribution in [0.4, 0.5) is 0 Å². The predicted octanol–water partition coefficient (Wildman–Crippen LogP) is -0.116. The number of likely N-dealkylation sites (tertiary alicyclic amines) is 1. The Balaban J connectivity index is 2.42. The monoisotopic (exact) mass is 172 g/mol. The highest BCUT2D eigenvalue weighted by atomic mass is 16.4. The van der Waals surface area contributed by atoms with Gasteiger partial charge in [0.1, 0.15) is 5.54 Å². The van der Waals surface area contributed by atoms with Crippen LogP contribution in [0.3, 0.4) is 0 Å². The van der Waals surface area contributed by atoms with Crippen LogP contribution in [0.25, 0.3) is 0 Å². The maximum absolute atomic E-state index is 10.7. The van der Waals surface area contributed by atoms with Gasteiger partial charge >= 0.3 is 5.97 Å². The average Bonchev–Trinajstić information content (AvgIpc) is 2.38. The molecule has 0 spiro atoms. The molecule has 0 aromatic rings. The second-order valence-electron chi connectivity index (χ2n) is 3.71. The number of hydrogen-bond acceptors (Lipinski definition) is 3. The molecule has 0 aromatic carbocycles. The van der Waals surface area contributed by atoms with E-state index in [1.807, 2.05) is 0 Å². The summed E-state index contributed by atoms with van der Waals surface area (Å²) >= 11 is 0. The number of carboxylic acid groups (broad SMARTS) is 1. The summed E-state index contributed by atoms with van der Waals surface area (Å²) < 4.78 is 0. The molecule has 4 heteroatoms. The highest BCUT2D eigenvalue weighted by Crippen LogP contribution is 2.11. The Morgan fingerprint density at radius 2 is 2.08 bits per heavy atom. The van der Waals surface area contributed by atoms with Crippen LogP contribution in [0.1, 0.15) is 19.8 Å². The summed E-state index contributed by atoms with van der Waals surface area (Å²) in [6.45, 7) is 4.00. The molecule has 1 saturated heterocycles. The summed E-state index contributed by atoms with van der Waals surface area (Å²) in [5.41, 5.74) is 4.51. The van der Waals surface area contributed by atoms with Gasteiger partial charge in [-0.25, -0.2) is 0 Å². The number of nitrogens with zero attached hydrogens (tertiary/aromatic N) is 1. The number of aliphatic carboxylic acids is 1. The van der Waals surface area contributed by atoms with Crippen LogP contribution in [-0.4, -0.2) is 41.1 Å². The molecule has 0 bridgehead atoms. The van der Waals surface area contributed by atoms with Crippen molar-refractivity contribution in [1.82, 2.24) is 4.90 Å². The Hall–Kier alpha value is -0.610. The number of hydrogen-bond donors (Lipinski definition) is 2. The zero-order chi connectivity index (χ0) is 9.19. The van der Waals surface area contributed by atoms with E-state index in [1.165, 1.54) is 0 Å². The first-order chi connectivity index (χ1) is 5.52. The van der Waals surface area contributed by atoms with E-state index in [0.29, 0.717) is 6.54 Å². The Kier molecular flexibility index (Phi) is 2.69. The summed E-state index contributed by atoms with van der Waals surface area (Å²) in [4.78, 5) is 12.8. The number of carboxylic acids is 1. The number of carbonyl (C=O) groups is 1. The predicted molar refractivity (Wildman–Crippen MR) is 45.9 cm³/mol. The van der Waals surface area contributed by atoms with Crippen molar-refractivity contribution in [2.24, 2.45) is 5.73 Å². The van der Waals surface area contributed by atoms with E-state index in [1.54, 1.807) is 6.92 Å². The van der Waals surface area contributed by atoms with Crippen molar-refractivity contribution in [1.29, 1.82) is 0 Å². The fraction of sp³-hybridized carbons (Fsp3) is 0.875. The molecular weight excluding hydrogens is 156 g/mol. The first kappa shape index (κ1) is 9.48. The highest BCUT2D eigenvalue weighted by Gasteiger charge is 2.31. The summed E-state index contributed by atoms with van der Waals surface area (Å²) in [5.74, 6) is -0.922. The van der Waals surface area contributed by atoms with Gasteiger partial charge in [-0.05, 0) is 32.9 Å². The third kappa shape index (κ3) is 2.19.